The summed E-state index contributed by atoms with van der Waals surface area (Å²) in [7, 11) is 0. The number of hydrogen-bond donors (Lipinski definition) is 2. The highest BCUT2D eigenvalue weighted by Crippen LogP contribution is 2.30. The molecule has 0 saturated heterocycles. The van der Waals surface area contributed by atoms with Crippen LogP contribution in [0.3, 0.4) is 0 Å². The number of para-hydroxylation sites is 1. The van der Waals surface area contributed by atoms with Gasteiger partial charge in [-0.25, -0.2) is 9.59 Å². The summed E-state index contributed by atoms with van der Waals surface area (Å²) < 4.78 is 5.35. The third kappa shape index (κ3) is 3.51. The SMILES string of the molecule is CCNC(=O)NC(=O)C(C)OC(=O)c1c2c(nc3ccccc13)CCC2. The summed E-state index contributed by atoms with van der Waals surface area (Å²) in [5.41, 5.74) is 3.01. The zero-order valence-electron chi connectivity index (χ0n) is 14.8. The minimum absolute atomic E-state index is 0.391. The molecule has 1 aliphatic carbocycles. The van der Waals surface area contributed by atoms with Crippen molar-refractivity contribution in [3.05, 3.63) is 41.1 Å². The summed E-state index contributed by atoms with van der Waals surface area (Å²) in [5, 5.41) is 5.32. The Bertz CT molecular complexity index is 878. The number of esters is 1. The first kappa shape index (κ1) is 17.8. The average Bonchev–Trinajstić information content (AvgIpc) is 3.07. The summed E-state index contributed by atoms with van der Waals surface area (Å²) in [6.45, 7) is 3.57. The molecule has 3 rings (SSSR count). The van der Waals surface area contributed by atoms with Crippen LogP contribution in [-0.4, -0.2) is 35.5 Å². The molecule has 0 spiro atoms. The summed E-state index contributed by atoms with van der Waals surface area (Å²) in [6, 6.07) is 6.78. The van der Waals surface area contributed by atoms with Crippen LogP contribution in [0.1, 0.15) is 41.9 Å². The van der Waals surface area contributed by atoms with Crippen LogP contribution in [0.5, 0.6) is 0 Å². The molecule has 1 aliphatic rings. The van der Waals surface area contributed by atoms with E-state index in [0.717, 1.165) is 41.4 Å². The molecule has 1 atom stereocenters. The molecule has 3 amide bonds. The molecule has 7 nitrogen and oxygen atoms in total. The Labute approximate surface area is 151 Å². The summed E-state index contributed by atoms with van der Waals surface area (Å²) in [6.07, 6.45) is 1.44. The number of benzene rings is 1. The first-order chi connectivity index (χ1) is 12.5. The average molecular weight is 355 g/mol. The smallest absolute Gasteiger partial charge is 0.339 e. The van der Waals surface area contributed by atoms with Gasteiger partial charge in [-0.2, -0.15) is 0 Å². The van der Waals surface area contributed by atoms with Gasteiger partial charge < -0.3 is 10.1 Å². The van der Waals surface area contributed by atoms with Gasteiger partial charge in [0.25, 0.3) is 5.91 Å². The molecule has 1 unspecified atom stereocenters. The Morgan fingerprint density at radius 2 is 2.00 bits per heavy atom. The van der Waals surface area contributed by atoms with Gasteiger partial charge >= 0.3 is 12.0 Å². The second kappa shape index (κ2) is 7.51. The molecule has 1 heterocycles. The maximum Gasteiger partial charge on any atom is 0.339 e. The second-order valence-corrected chi connectivity index (χ2v) is 6.18. The minimum Gasteiger partial charge on any atom is -0.449 e. The topological polar surface area (TPSA) is 97.4 Å². The fourth-order valence-electron chi connectivity index (χ4n) is 3.14. The van der Waals surface area contributed by atoms with Gasteiger partial charge in [-0.1, -0.05) is 18.2 Å². The third-order valence-corrected chi connectivity index (χ3v) is 4.35. The van der Waals surface area contributed by atoms with Crippen LogP contribution in [0.2, 0.25) is 0 Å². The van der Waals surface area contributed by atoms with Gasteiger partial charge in [0.2, 0.25) is 0 Å². The number of urea groups is 1. The van der Waals surface area contributed by atoms with E-state index < -0.39 is 24.0 Å². The molecular weight excluding hydrogens is 334 g/mol. The molecule has 26 heavy (non-hydrogen) atoms. The zero-order valence-corrected chi connectivity index (χ0v) is 14.8. The molecule has 0 radical (unpaired) electrons. The van der Waals surface area contributed by atoms with Crippen molar-refractivity contribution < 1.29 is 19.1 Å². The lowest BCUT2D eigenvalue weighted by Crippen LogP contribution is -2.44. The maximum absolute atomic E-state index is 12.8. The molecule has 1 aromatic heterocycles. The van der Waals surface area contributed by atoms with Crippen LogP contribution in [0, 0.1) is 0 Å². The van der Waals surface area contributed by atoms with E-state index >= 15 is 0 Å². The number of pyridine rings is 1. The first-order valence-electron chi connectivity index (χ1n) is 8.71. The Hall–Kier alpha value is -2.96. The lowest BCUT2D eigenvalue weighted by Gasteiger charge is -2.16. The number of amides is 3. The van der Waals surface area contributed by atoms with Crippen molar-refractivity contribution in [2.75, 3.05) is 6.54 Å². The van der Waals surface area contributed by atoms with Crippen molar-refractivity contribution in [3.8, 4) is 0 Å². The van der Waals surface area contributed by atoms with Gasteiger partial charge in [-0.05, 0) is 44.7 Å². The predicted octanol–water partition coefficient (Wildman–Crippen LogP) is 2.11. The van der Waals surface area contributed by atoms with Crippen LogP contribution >= 0.6 is 0 Å². The third-order valence-electron chi connectivity index (χ3n) is 4.35. The molecule has 0 saturated carbocycles. The molecule has 2 aromatic rings. The Balaban J connectivity index is 1.84. The largest absolute Gasteiger partial charge is 0.449 e. The van der Waals surface area contributed by atoms with Crippen molar-refractivity contribution >= 4 is 28.8 Å². The Kier molecular flexibility index (Phi) is 5.16. The van der Waals surface area contributed by atoms with Gasteiger partial charge in [0, 0.05) is 17.6 Å². The van der Waals surface area contributed by atoms with Crippen LogP contribution in [0.4, 0.5) is 4.79 Å². The van der Waals surface area contributed by atoms with Crippen molar-refractivity contribution in [1.82, 2.24) is 15.6 Å². The number of rotatable bonds is 4. The molecule has 1 aromatic carbocycles. The van der Waals surface area contributed by atoms with Gasteiger partial charge in [0.05, 0.1) is 11.1 Å². The van der Waals surface area contributed by atoms with Crippen LogP contribution < -0.4 is 10.6 Å². The molecule has 0 fully saturated rings. The summed E-state index contributed by atoms with van der Waals surface area (Å²) in [4.78, 5) is 40.9. The van der Waals surface area contributed by atoms with Crippen molar-refractivity contribution in [1.29, 1.82) is 0 Å². The van der Waals surface area contributed by atoms with E-state index in [0.29, 0.717) is 12.1 Å². The van der Waals surface area contributed by atoms with Gasteiger partial charge in [0.15, 0.2) is 6.10 Å². The molecular formula is C19H21N3O4. The van der Waals surface area contributed by atoms with E-state index in [9.17, 15) is 14.4 Å². The highest BCUT2D eigenvalue weighted by atomic mass is 16.5. The highest BCUT2D eigenvalue weighted by Gasteiger charge is 2.27. The number of aryl methyl sites for hydroxylation is 1. The van der Waals surface area contributed by atoms with E-state index in [-0.39, 0.29) is 0 Å². The quantitative estimate of drug-likeness (QED) is 0.819. The first-order valence-corrected chi connectivity index (χ1v) is 8.71. The molecule has 136 valence electrons. The maximum atomic E-state index is 12.8. The highest BCUT2D eigenvalue weighted by molar-refractivity contribution is 6.06. The number of hydrogen-bond acceptors (Lipinski definition) is 5. The fourth-order valence-corrected chi connectivity index (χ4v) is 3.14. The number of nitrogens with zero attached hydrogens (tertiary/aromatic N) is 1. The van der Waals surface area contributed by atoms with Crippen molar-refractivity contribution in [2.45, 2.75) is 39.2 Å². The zero-order chi connectivity index (χ0) is 18.7. The normalized spacial score (nSPS) is 13.8. The number of ether oxygens (including phenoxy) is 1. The lowest BCUT2D eigenvalue weighted by molar-refractivity contribution is -0.127. The number of aromatic nitrogens is 1. The van der Waals surface area contributed by atoms with Crippen LogP contribution in [0.15, 0.2) is 24.3 Å². The number of nitrogens with one attached hydrogen (secondary N) is 2. The van der Waals surface area contributed by atoms with Crippen molar-refractivity contribution in [3.63, 3.8) is 0 Å². The number of fused-ring (bicyclic) bond motifs is 2. The number of carbonyl (C=O) groups is 3. The molecule has 0 bridgehead atoms. The lowest BCUT2D eigenvalue weighted by atomic mass is 10.0. The van der Waals surface area contributed by atoms with Crippen LogP contribution in [-0.2, 0) is 22.4 Å². The van der Waals surface area contributed by atoms with Gasteiger partial charge in [-0.3, -0.25) is 15.1 Å². The summed E-state index contributed by atoms with van der Waals surface area (Å²) >= 11 is 0. The molecule has 7 heteroatoms. The monoisotopic (exact) mass is 355 g/mol. The molecule has 2 N–H and O–H groups in total. The second-order valence-electron chi connectivity index (χ2n) is 6.18. The number of imide groups is 1. The molecule has 0 aliphatic heterocycles. The predicted molar refractivity (Wildman–Crippen MR) is 95.9 cm³/mol. The van der Waals surface area contributed by atoms with Crippen molar-refractivity contribution in [2.24, 2.45) is 0 Å². The van der Waals surface area contributed by atoms with E-state index in [1.807, 2.05) is 24.3 Å². The van der Waals surface area contributed by atoms with E-state index in [4.69, 9.17) is 4.74 Å². The van der Waals surface area contributed by atoms with Gasteiger partial charge in [0.1, 0.15) is 0 Å². The summed E-state index contributed by atoms with van der Waals surface area (Å²) in [5.74, 6) is -1.24. The minimum atomic E-state index is -1.09. The fraction of sp³-hybridized carbons (Fsp3) is 0.368. The number of carbonyl (C=O) groups excluding carboxylic acids is 3. The van der Waals surface area contributed by atoms with E-state index in [1.54, 1.807) is 6.92 Å². The Morgan fingerprint density at radius 3 is 2.77 bits per heavy atom. The van der Waals surface area contributed by atoms with E-state index in [2.05, 4.69) is 15.6 Å². The standard InChI is InChI=1S/C19H21N3O4/c1-3-20-19(25)22-17(23)11(2)26-18(24)16-12-7-4-5-9-14(12)21-15-10-6-8-13(15)16/h4-5,7,9,11H,3,6,8,10H2,1-2H3,(H2,20,22,23,25). The van der Waals surface area contributed by atoms with Gasteiger partial charge in [-0.15, -0.1) is 0 Å². The van der Waals surface area contributed by atoms with E-state index in [1.165, 1.54) is 6.92 Å². The van der Waals surface area contributed by atoms with Crippen LogP contribution in [0.25, 0.3) is 10.9 Å². The Morgan fingerprint density at radius 1 is 1.23 bits per heavy atom.